The quantitative estimate of drug-likeness (QED) is 0.624. The van der Waals surface area contributed by atoms with E-state index in [-0.39, 0.29) is 22.6 Å². The van der Waals surface area contributed by atoms with E-state index < -0.39 is 9.84 Å². The molecule has 150 valence electrons. The number of benzene rings is 2. The predicted octanol–water partition coefficient (Wildman–Crippen LogP) is 4.07. The molecular formula is C22H22N2O3S2. The Morgan fingerprint density at radius 2 is 1.83 bits per heavy atom. The van der Waals surface area contributed by atoms with Crippen LogP contribution in [0.25, 0.3) is 10.2 Å². The van der Waals surface area contributed by atoms with Gasteiger partial charge in [-0.1, -0.05) is 36.4 Å². The second kappa shape index (κ2) is 8.08. The highest BCUT2D eigenvalue weighted by Crippen LogP contribution is 2.38. The number of amides is 1. The fourth-order valence-corrected chi connectivity index (χ4v) is 5.38. The number of nitrogens with zero attached hydrogens (tertiary/aromatic N) is 1. The SMILES string of the molecule is CS(=O)(=O)c1ccc(CNC(=O)[C@H]2CC=CC[C@H]2c2nc3ccccc3s2)cc1. The second-order valence-corrected chi connectivity index (χ2v) is 10.4. The van der Waals surface area contributed by atoms with Crippen LogP contribution in [0.1, 0.15) is 29.3 Å². The van der Waals surface area contributed by atoms with Gasteiger partial charge >= 0.3 is 0 Å². The Balaban J connectivity index is 1.47. The number of para-hydroxylation sites is 1. The molecule has 0 saturated heterocycles. The van der Waals surface area contributed by atoms with E-state index in [0.717, 1.165) is 27.2 Å². The monoisotopic (exact) mass is 426 g/mol. The lowest BCUT2D eigenvalue weighted by Gasteiger charge is -2.26. The molecule has 0 spiro atoms. The van der Waals surface area contributed by atoms with Gasteiger partial charge in [0.15, 0.2) is 9.84 Å². The molecule has 1 heterocycles. The number of fused-ring (bicyclic) bond motifs is 1. The van der Waals surface area contributed by atoms with Crippen molar-refractivity contribution >= 4 is 37.3 Å². The van der Waals surface area contributed by atoms with Gasteiger partial charge < -0.3 is 5.32 Å². The first-order chi connectivity index (χ1) is 13.9. The van der Waals surface area contributed by atoms with Crippen molar-refractivity contribution in [3.8, 4) is 0 Å². The van der Waals surface area contributed by atoms with Gasteiger partial charge in [0.05, 0.1) is 26.0 Å². The zero-order valence-electron chi connectivity index (χ0n) is 16.0. The van der Waals surface area contributed by atoms with E-state index in [1.165, 1.54) is 6.26 Å². The molecule has 5 nitrogen and oxygen atoms in total. The van der Waals surface area contributed by atoms with Crippen LogP contribution in [0, 0.1) is 5.92 Å². The first-order valence-electron chi connectivity index (χ1n) is 9.49. The topological polar surface area (TPSA) is 76.1 Å². The molecule has 2 atom stereocenters. The highest BCUT2D eigenvalue weighted by Gasteiger charge is 2.32. The molecule has 2 aromatic carbocycles. The van der Waals surface area contributed by atoms with Gasteiger partial charge in [-0.15, -0.1) is 11.3 Å². The number of carbonyl (C=O) groups excluding carboxylic acids is 1. The summed E-state index contributed by atoms with van der Waals surface area (Å²) in [5.41, 5.74) is 1.85. The maximum atomic E-state index is 12.9. The van der Waals surface area contributed by atoms with Crippen molar-refractivity contribution < 1.29 is 13.2 Å². The normalized spacial score (nSPS) is 19.3. The Morgan fingerprint density at radius 1 is 1.10 bits per heavy atom. The lowest BCUT2D eigenvalue weighted by atomic mass is 9.82. The van der Waals surface area contributed by atoms with Crippen molar-refractivity contribution in [2.45, 2.75) is 30.2 Å². The second-order valence-electron chi connectivity index (χ2n) is 7.31. The van der Waals surface area contributed by atoms with Crippen LogP contribution in [0.5, 0.6) is 0 Å². The van der Waals surface area contributed by atoms with Gasteiger partial charge in [0.25, 0.3) is 0 Å². The first kappa shape index (κ1) is 19.8. The van der Waals surface area contributed by atoms with E-state index in [1.54, 1.807) is 35.6 Å². The number of sulfone groups is 1. The minimum atomic E-state index is -3.22. The lowest BCUT2D eigenvalue weighted by Crippen LogP contribution is -2.34. The summed E-state index contributed by atoms with van der Waals surface area (Å²) in [5, 5.41) is 4.02. The van der Waals surface area contributed by atoms with Crippen molar-refractivity contribution in [1.29, 1.82) is 0 Å². The number of thiazole rings is 1. The number of nitrogens with one attached hydrogen (secondary N) is 1. The summed E-state index contributed by atoms with van der Waals surface area (Å²) in [6.45, 7) is 0.371. The number of hydrogen-bond donors (Lipinski definition) is 1. The summed E-state index contributed by atoms with van der Waals surface area (Å²) in [6.07, 6.45) is 6.88. The number of carbonyl (C=O) groups is 1. The number of allylic oxidation sites excluding steroid dienone is 2. The minimum Gasteiger partial charge on any atom is -0.352 e. The Hall–Kier alpha value is -2.51. The molecular weight excluding hydrogens is 404 g/mol. The van der Waals surface area contributed by atoms with Crippen LogP contribution < -0.4 is 5.32 Å². The Kier molecular flexibility index (Phi) is 5.52. The minimum absolute atomic E-state index is 0.00537. The van der Waals surface area contributed by atoms with Crippen molar-refractivity contribution in [3.63, 3.8) is 0 Å². The summed E-state index contributed by atoms with van der Waals surface area (Å²) in [5.74, 6) is -0.0772. The third-order valence-corrected chi connectivity index (χ3v) is 7.51. The largest absolute Gasteiger partial charge is 0.352 e. The molecule has 1 aliphatic carbocycles. The van der Waals surface area contributed by atoms with Gasteiger partial charge in [-0.2, -0.15) is 0 Å². The molecule has 3 aromatic rings. The van der Waals surface area contributed by atoms with Gasteiger partial charge in [0, 0.05) is 18.7 Å². The van der Waals surface area contributed by atoms with Gasteiger partial charge in [0.2, 0.25) is 5.91 Å². The van der Waals surface area contributed by atoms with Crippen LogP contribution in [-0.2, 0) is 21.2 Å². The summed E-state index contributed by atoms with van der Waals surface area (Å²) in [6, 6.07) is 14.7. The molecule has 29 heavy (non-hydrogen) atoms. The molecule has 0 unspecified atom stereocenters. The zero-order chi connectivity index (χ0) is 20.4. The number of rotatable bonds is 5. The van der Waals surface area contributed by atoms with E-state index in [4.69, 9.17) is 4.98 Å². The van der Waals surface area contributed by atoms with Crippen molar-refractivity contribution in [3.05, 3.63) is 71.3 Å². The van der Waals surface area contributed by atoms with Gasteiger partial charge in [-0.25, -0.2) is 13.4 Å². The third-order valence-electron chi connectivity index (χ3n) is 5.22. The lowest BCUT2D eigenvalue weighted by molar-refractivity contribution is -0.125. The molecule has 7 heteroatoms. The molecule has 0 fully saturated rings. The Labute approximate surface area is 174 Å². The van der Waals surface area contributed by atoms with Crippen LogP contribution in [0.3, 0.4) is 0 Å². The average molecular weight is 427 g/mol. The molecule has 1 aliphatic rings. The van der Waals surface area contributed by atoms with Crippen molar-refractivity contribution in [2.75, 3.05) is 6.26 Å². The molecule has 1 aromatic heterocycles. The number of aromatic nitrogens is 1. The smallest absolute Gasteiger partial charge is 0.224 e. The zero-order valence-corrected chi connectivity index (χ0v) is 17.7. The van der Waals surface area contributed by atoms with Crippen molar-refractivity contribution in [2.24, 2.45) is 5.92 Å². The average Bonchev–Trinajstić information content (AvgIpc) is 3.16. The fourth-order valence-electron chi connectivity index (χ4n) is 3.60. The Morgan fingerprint density at radius 3 is 2.55 bits per heavy atom. The predicted molar refractivity (Wildman–Crippen MR) is 116 cm³/mol. The molecule has 1 amide bonds. The third kappa shape index (κ3) is 4.41. The summed E-state index contributed by atoms with van der Waals surface area (Å²) in [7, 11) is -3.22. The highest BCUT2D eigenvalue weighted by molar-refractivity contribution is 7.90. The van der Waals surface area contributed by atoms with E-state index >= 15 is 0 Å². The molecule has 0 radical (unpaired) electrons. The van der Waals surface area contributed by atoms with Gasteiger partial charge in [-0.05, 0) is 42.7 Å². The van der Waals surface area contributed by atoms with Crippen LogP contribution >= 0.6 is 11.3 Å². The molecule has 0 saturated carbocycles. The van der Waals surface area contributed by atoms with Gasteiger partial charge in [-0.3, -0.25) is 4.79 Å². The van der Waals surface area contributed by atoms with E-state index in [1.807, 2.05) is 18.2 Å². The first-order valence-corrected chi connectivity index (χ1v) is 12.2. The molecule has 0 bridgehead atoms. The molecule has 4 rings (SSSR count). The summed E-state index contributed by atoms with van der Waals surface area (Å²) in [4.78, 5) is 18.0. The van der Waals surface area contributed by atoms with E-state index in [0.29, 0.717) is 13.0 Å². The maximum Gasteiger partial charge on any atom is 0.224 e. The van der Waals surface area contributed by atoms with E-state index in [9.17, 15) is 13.2 Å². The number of hydrogen-bond acceptors (Lipinski definition) is 5. The van der Waals surface area contributed by atoms with Crippen molar-refractivity contribution in [1.82, 2.24) is 10.3 Å². The maximum absolute atomic E-state index is 12.9. The molecule has 0 aliphatic heterocycles. The van der Waals surface area contributed by atoms with Crippen LogP contribution in [0.2, 0.25) is 0 Å². The Bertz CT molecular complexity index is 1130. The summed E-state index contributed by atoms with van der Waals surface area (Å²) >= 11 is 1.66. The highest BCUT2D eigenvalue weighted by atomic mass is 32.2. The van der Waals surface area contributed by atoms with Crippen LogP contribution in [0.4, 0.5) is 0 Å². The van der Waals surface area contributed by atoms with Crippen LogP contribution in [-0.4, -0.2) is 25.6 Å². The molecule has 1 N–H and O–H groups in total. The fraction of sp³-hybridized carbons (Fsp3) is 0.273. The van der Waals surface area contributed by atoms with Crippen LogP contribution in [0.15, 0.2) is 65.6 Å². The summed E-state index contributed by atoms with van der Waals surface area (Å²) < 4.78 is 24.3. The van der Waals surface area contributed by atoms with E-state index in [2.05, 4.69) is 23.5 Å². The standard InChI is InChI=1S/C22H22N2O3S2/c1-29(26,27)16-12-10-15(11-13-16)14-23-21(25)17-6-2-3-7-18(17)22-24-19-8-4-5-9-20(19)28-22/h2-5,8-13,17-18H,6-7,14H2,1H3,(H,23,25)/t17-,18+/m0/s1. The van der Waals surface area contributed by atoms with Gasteiger partial charge in [0.1, 0.15) is 0 Å².